The quantitative estimate of drug-likeness (QED) is 0.783. The number of halogens is 1. The van der Waals surface area contributed by atoms with Gasteiger partial charge in [0.25, 0.3) is 5.91 Å². The van der Waals surface area contributed by atoms with Crippen LogP contribution in [-0.2, 0) is 11.3 Å². The van der Waals surface area contributed by atoms with Gasteiger partial charge in [0.1, 0.15) is 5.82 Å². The Morgan fingerprint density at radius 2 is 2.08 bits per heavy atom. The minimum absolute atomic E-state index is 0.0525. The van der Waals surface area contributed by atoms with Gasteiger partial charge >= 0.3 is 0 Å². The molecule has 1 saturated carbocycles. The third-order valence-corrected chi connectivity index (χ3v) is 7.01. The predicted molar refractivity (Wildman–Crippen MR) is 98.5 cm³/mol. The first kappa shape index (κ1) is 17.0. The van der Waals surface area contributed by atoms with Crippen molar-refractivity contribution in [2.24, 2.45) is 11.8 Å². The third-order valence-electron chi connectivity index (χ3n) is 5.82. The van der Waals surface area contributed by atoms with E-state index >= 15 is 0 Å². The van der Waals surface area contributed by atoms with Crippen LogP contribution in [0, 0.1) is 17.7 Å². The molecule has 1 aliphatic carbocycles. The number of ether oxygens (including phenoxy) is 1. The summed E-state index contributed by atoms with van der Waals surface area (Å²) in [5.41, 5.74) is 0.705. The number of thiophene rings is 1. The molecular formula is C20H24FNO2S. The van der Waals surface area contributed by atoms with Gasteiger partial charge in [-0.2, -0.15) is 0 Å². The van der Waals surface area contributed by atoms with Gasteiger partial charge in [-0.25, -0.2) is 4.39 Å². The van der Waals surface area contributed by atoms with Crippen molar-refractivity contribution in [1.29, 1.82) is 0 Å². The summed E-state index contributed by atoms with van der Waals surface area (Å²) in [6.45, 7) is 1.94. The number of methoxy groups -OCH3 is 1. The molecule has 0 N–H and O–H groups in total. The Bertz CT molecular complexity index is 787. The number of piperidine rings is 1. The van der Waals surface area contributed by atoms with Crippen molar-refractivity contribution in [3.63, 3.8) is 0 Å². The van der Waals surface area contributed by atoms with Crippen molar-refractivity contribution in [2.45, 2.75) is 38.7 Å². The first-order valence-corrected chi connectivity index (χ1v) is 9.98. The van der Waals surface area contributed by atoms with Crippen LogP contribution in [0.5, 0.6) is 0 Å². The monoisotopic (exact) mass is 361 g/mol. The Morgan fingerprint density at radius 1 is 1.28 bits per heavy atom. The molecule has 1 amide bonds. The number of carbonyl (C=O) groups is 1. The van der Waals surface area contributed by atoms with Gasteiger partial charge in [0, 0.05) is 35.8 Å². The normalized spacial score (nSPS) is 23.7. The van der Waals surface area contributed by atoms with Crippen molar-refractivity contribution in [3.8, 4) is 0 Å². The molecule has 2 aliphatic rings. The molecule has 134 valence electrons. The second-order valence-electron chi connectivity index (χ2n) is 7.30. The summed E-state index contributed by atoms with van der Waals surface area (Å²) in [4.78, 5) is 15.9. The summed E-state index contributed by atoms with van der Waals surface area (Å²) in [6.07, 6.45) is 6.28. The average Bonchev–Trinajstić information content (AvgIpc) is 3.01. The molecule has 2 aromatic rings. The van der Waals surface area contributed by atoms with Crippen LogP contribution in [0.3, 0.4) is 0 Å². The Morgan fingerprint density at radius 3 is 2.88 bits per heavy atom. The van der Waals surface area contributed by atoms with Crippen molar-refractivity contribution in [3.05, 3.63) is 34.5 Å². The molecule has 2 heterocycles. The van der Waals surface area contributed by atoms with Crippen LogP contribution in [0.25, 0.3) is 10.1 Å². The van der Waals surface area contributed by atoms with Crippen molar-refractivity contribution >= 4 is 27.3 Å². The maximum Gasteiger partial charge on any atom is 0.264 e. The van der Waals surface area contributed by atoms with Gasteiger partial charge in [-0.3, -0.25) is 4.79 Å². The standard InChI is InChI=1S/C20H24FNO2S/c1-24-12-15-18-16(21)7-4-8-17(18)25-19(15)20(23)22-10-9-13-5-2-3-6-14(13)11-22/h4,7-8,13-14H,2-3,5-6,9-12H2,1H3/t13-,14-/m1/s1. The predicted octanol–water partition coefficient (Wildman–Crippen LogP) is 4.84. The number of rotatable bonds is 3. The molecule has 1 aromatic heterocycles. The summed E-state index contributed by atoms with van der Waals surface area (Å²) >= 11 is 1.40. The van der Waals surface area contributed by atoms with E-state index in [9.17, 15) is 9.18 Å². The van der Waals surface area contributed by atoms with Crippen LogP contribution in [0.15, 0.2) is 18.2 Å². The summed E-state index contributed by atoms with van der Waals surface area (Å²) in [5.74, 6) is 1.21. The number of nitrogens with zero attached hydrogens (tertiary/aromatic N) is 1. The van der Waals surface area contributed by atoms with Crippen molar-refractivity contribution in [1.82, 2.24) is 4.90 Å². The number of carbonyl (C=O) groups excluding carboxylic acids is 1. The fourth-order valence-electron chi connectivity index (χ4n) is 4.55. The SMILES string of the molecule is COCc1c(C(=O)N2CC[C@H]3CCCC[C@@H]3C2)sc2cccc(F)c12. The van der Waals surface area contributed by atoms with Crippen molar-refractivity contribution in [2.75, 3.05) is 20.2 Å². The van der Waals surface area contributed by atoms with Crippen LogP contribution in [0.2, 0.25) is 0 Å². The van der Waals surface area contributed by atoms with Gasteiger partial charge < -0.3 is 9.64 Å². The van der Waals surface area contributed by atoms with Gasteiger partial charge in [0.15, 0.2) is 0 Å². The molecule has 25 heavy (non-hydrogen) atoms. The van der Waals surface area contributed by atoms with E-state index in [-0.39, 0.29) is 18.3 Å². The highest BCUT2D eigenvalue weighted by Crippen LogP contribution is 2.39. The maximum atomic E-state index is 14.3. The largest absolute Gasteiger partial charge is 0.380 e. The van der Waals surface area contributed by atoms with Gasteiger partial charge in [-0.15, -0.1) is 11.3 Å². The fraction of sp³-hybridized carbons (Fsp3) is 0.550. The fourth-order valence-corrected chi connectivity index (χ4v) is 5.74. The van der Waals surface area contributed by atoms with Crippen molar-refractivity contribution < 1.29 is 13.9 Å². The van der Waals surface area contributed by atoms with Crippen LogP contribution in [-0.4, -0.2) is 31.0 Å². The van der Waals surface area contributed by atoms with Gasteiger partial charge in [-0.1, -0.05) is 25.3 Å². The molecule has 3 nitrogen and oxygen atoms in total. The summed E-state index contributed by atoms with van der Waals surface area (Å²) in [5, 5.41) is 0.547. The highest BCUT2D eigenvalue weighted by molar-refractivity contribution is 7.21. The molecule has 0 spiro atoms. The molecule has 5 heteroatoms. The molecule has 2 atom stereocenters. The lowest BCUT2D eigenvalue weighted by Crippen LogP contribution is -2.44. The van der Waals surface area contributed by atoms with Gasteiger partial charge in [0.05, 0.1) is 11.5 Å². The molecule has 4 rings (SSSR count). The molecule has 0 bridgehead atoms. The smallest absolute Gasteiger partial charge is 0.264 e. The number of hydrogen-bond acceptors (Lipinski definition) is 3. The first-order chi connectivity index (χ1) is 12.2. The second kappa shape index (κ2) is 7.04. The van der Waals surface area contributed by atoms with E-state index in [1.807, 2.05) is 11.0 Å². The van der Waals surface area contributed by atoms with Gasteiger partial charge in [-0.05, 0) is 36.8 Å². The van der Waals surface area contributed by atoms with E-state index in [2.05, 4.69) is 0 Å². The average molecular weight is 361 g/mol. The topological polar surface area (TPSA) is 29.5 Å². The molecule has 2 fully saturated rings. The Balaban J connectivity index is 1.65. The molecular weight excluding hydrogens is 337 g/mol. The summed E-state index contributed by atoms with van der Waals surface area (Å²) in [6, 6.07) is 5.04. The molecule has 0 unspecified atom stereocenters. The van der Waals surface area contributed by atoms with E-state index < -0.39 is 0 Å². The lowest BCUT2D eigenvalue weighted by atomic mass is 9.75. The highest BCUT2D eigenvalue weighted by atomic mass is 32.1. The van der Waals surface area contributed by atoms with E-state index in [0.29, 0.717) is 21.7 Å². The minimum Gasteiger partial charge on any atom is -0.380 e. The molecule has 1 saturated heterocycles. The highest BCUT2D eigenvalue weighted by Gasteiger charge is 2.34. The lowest BCUT2D eigenvalue weighted by Gasteiger charge is -2.41. The molecule has 0 radical (unpaired) electrons. The minimum atomic E-state index is -0.272. The Hall–Kier alpha value is -1.46. The number of likely N-dealkylation sites (tertiary alicyclic amines) is 1. The summed E-state index contributed by atoms with van der Waals surface area (Å²) < 4.78 is 20.4. The van der Waals surface area contributed by atoms with E-state index in [1.165, 1.54) is 43.1 Å². The zero-order chi connectivity index (χ0) is 17.4. The lowest BCUT2D eigenvalue weighted by molar-refractivity contribution is 0.0522. The van der Waals surface area contributed by atoms with E-state index in [1.54, 1.807) is 13.2 Å². The molecule has 1 aromatic carbocycles. The first-order valence-electron chi connectivity index (χ1n) is 9.17. The van der Waals surface area contributed by atoms with Crippen LogP contribution >= 0.6 is 11.3 Å². The third kappa shape index (κ3) is 3.08. The Labute approximate surface area is 151 Å². The Kier molecular flexibility index (Phi) is 4.78. The van der Waals surface area contributed by atoms with Gasteiger partial charge in [0.2, 0.25) is 0 Å². The van der Waals surface area contributed by atoms with Crippen LogP contribution < -0.4 is 0 Å². The molecule has 1 aliphatic heterocycles. The number of hydrogen-bond donors (Lipinski definition) is 0. The zero-order valence-corrected chi connectivity index (χ0v) is 15.4. The zero-order valence-electron chi connectivity index (χ0n) is 14.6. The van der Waals surface area contributed by atoms with Crippen LogP contribution in [0.4, 0.5) is 4.39 Å². The number of benzene rings is 1. The van der Waals surface area contributed by atoms with Crippen LogP contribution in [0.1, 0.15) is 47.3 Å². The number of fused-ring (bicyclic) bond motifs is 2. The van der Waals surface area contributed by atoms with E-state index in [4.69, 9.17) is 4.74 Å². The maximum absolute atomic E-state index is 14.3. The number of amides is 1. The summed E-state index contributed by atoms with van der Waals surface area (Å²) in [7, 11) is 1.59. The second-order valence-corrected chi connectivity index (χ2v) is 8.35. The van der Waals surface area contributed by atoms with E-state index in [0.717, 1.165) is 30.1 Å².